The molecule has 0 saturated heterocycles. The number of hydrogen-bond donors (Lipinski definition) is 2. The van der Waals surface area contributed by atoms with E-state index in [1.807, 2.05) is 13.8 Å². The molecule has 0 aliphatic heterocycles. The highest BCUT2D eigenvalue weighted by Crippen LogP contribution is 2.69. The third kappa shape index (κ3) is 3.80. The molecule has 31 heavy (non-hydrogen) atoms. The number of hydrogen-bond acceptors (Lipinski definition) is 2. The Labute approximate surface area is 188 Å². The van der Waals surface area contributed by atoms with Crippen LogP contribution in [-0.2, 0) is 0 Å². The average Bonchev–Trinajstić information content (AvgIpc) is 2.98. The van der Waals surface area contributed by atoms with Crippen LogP contribution in [0.15, 0.2) is 0 Å². The molecule has 4 heteroatoms. The highest BCUT2D eigenvalue weighted by Gasteiger charge is 2.62. The zero-order valence-corrected chi connectivity index (χ0v) is 20.7. The molecular weight excluding hydrogens is 394 g/mol. The second-order valence-electron chi connectivity index (χ2n) is 13.5. The van der Waals surface area contributed by atoms with E-state index in [0.29, 0.717) is 23.2 Å². The molecule has 0 amide bonds. The predicted octanol–water partition coefficient (Wildman–Crippen LogP) is 6.83. The van der Waals surface area contributed by atoms with Gasteiger partial charge in [0.05, 0.1) is 5.60 Å². The first kappa shape index (κ1) is 23.9. The molecule has 0 heterocycles. The average molecular weight is 441 g/mol. The van der Waals surface area contributed by atoms with E-state index in [-0.39, 0.29) is 17.8 Å². The molecule has 0 aromatic rings. The molecule has 0 aromatic carbocycles. The molecule has 4 aliphatic carbocycles. The molecule has 0 bridgehead atoms. The van der Waals surface area contributed by atoms with Crippen molar-refractivity contribution < 1.29 is 19.0 Å². The summed E-state index contributed by atoms with van der Waals surface area (Å²) in [5.41, 5.74) is -1.98. The third-order valence-corrected chi connectivity index (χ3v) is 11.2. The summed E-state index contributed by atoms with van der Waals surface area (Å²) in [7, 11) is 0. The zero-order chi connectivity index (χ0) is 23.0. The van der Waals surface area contributed by atoms with Gasteiger partial charge in [-0.3, -0.25) is 0 Å². The van der Waals surface area contributed by atoms with Gasteiger partial charge in [0.25, 0.3) is 5.92 Å². The van der Waals surface area contributed by atoms with Crippen LogP contribution in [-0.4, -0.2) is 27.3 Å². The van der Waals surface area contributed by atoms with E-state index in [4.69, 9.17) is 0 Å². The van der Waals surface area contributed by atoms with Crippen LogP contribution in [0.5, 0.6) is 0 Å². The fraction of sp³-hybridized carbons (Fsp3) is 1.00. The van der Waals surface area contributed by atoms with Crippen molar-refractivity contribution >= 4 is 0 Å². The van der Waals surface area contributed by atoms with Crippen LogP contribution in [0.4, 0.5) is 8.78 Å². The number of aliphatic hydroxyl groups is 2. The van der Waals surface area contributed by atoms with Crippen molar-refractivity contribution in [2.24, 2.45) is 46.3 Å². The largest absolute Gasteiger partial charge is 0.390 e. The standard InChI is InChI=1S/C27H46F2O2/c1-17(15-27(28,29)23(2,3)30)20-9-10-21-19-8-7-18-16-24(4,31)13-14-25(18,5)22(19)11-12-26(20,21)6/h17-22,30-31H,7-16H2,1-6H3/t17-,18+,19+,20?,21+,22+,24+,25+,26-/m1/s1. The molecule has 2 nitrogen and oxygen atoms in total. The molecular formula is C27H46F2O2. The number of rotatable bonds is 4. The first-order chi connectivity index (χ1) is 14.1. The van der Waals surface area contributed by atoms with E-state index in [2.05, 4.69) is 13.8 Å². The predicted molar refractivity (Wildman–Crippen MR) is 121 cm³/mol. The van der Waals surface area contributed by atoms with Crippen LogP contribution in [0.3, 0.4) is 0 Å². The molecule has 4 fully saturated rings. The molecule has 4 saturated carbocycles. The van der Waals surface area contributed by atoms with E-state index < -0.39 is 17.1 Å². The number of halogens is 2. The Balaban J connectivity index is 1.52. The van der Waals surface area contributed by atoms with E-state index in [1.165, 1.54) is 39.5 Å². The quantitative estimate of drug-likeness (QED) is 0.503. The lowest BCUT2D eigenvalue weighted by Gasteiger charge is -2.62. The van der Waals surface area contributed by atoms with E-state index in [0.717, 1.165) is 43.9 Å². The van der Waals surface area contributed by atoms with Gasteiger partial charge in [-0.25, -0.2) is 8.78 Å². The van der Waals surface area contributed by atoms with Gasteiger partial charge in [0.15, 0.2) is 0 Å². The van der Waals surface area contributed by atoms with Crippen molar-refractivity contribution in [3.63, 3.8) is 0 Å². The Kier molecular flexibility index (Phi) is 5.70. The second-order valence-corrected chi connectivity index (χ2v) is 13.5. The van der Waals surface area contributed by atoms with Crippen LogP contribution in [0.25, 0.3) is 0 Å². The van der Waals surface area contributed by atoms with Crippen LogP contribution in [0.1, 0.15) is 106 Å². The lowest BCUT2D eigenvalue weighted by atomic mass is 9.43. The maximum Gasteiger partial charge on any atom is 0.275 e. The summed E-state index contributed by atoms with van der Waals surface area (Å²) in [6.45, 7) is 11.4. The van der Waals surface area contributed by atoms with Crippen molar-refractivity contribution in [3.05, 3.63) is 0 Å². The van der Waals surface area contributed by atoms with Gasteiger partial charge in [0.2, 0.25) is 0 Å². The maximum absolute atomic E-state index is 14.7. The number of fused-ring (bicyclic) bond motifs is 5. The molecule has 4 aliphatic rings. The molecule has 0 aromatic heterocycles. The minimum Gasteiger partial charge on any atom is -0.390 e. The van der Waals surface area contributed by atoms with Gasteiger partial charge in [-0.15, -0.1) is 0 Å². The first-order valence-corrected chi connectivity index (χ1v) is 12.9. The third-order valence-electron chi connectivity index (χ3n) is 11.2. The summed E-state index contributed by atoms with van der Waals surface area (Å²) in [5, 5.41) is 20.7. The van der Waals surface area contributed by atoms with E-state index in [1.54, 1.807) is 0 Å². The summed E-state index contributed by atoms with van der Waals surface area (Å²) in [6, 6.07) is 0. The fourth-order valence-electron chi connectivity index (χ4n) is 9.20. The van der Waals surface area contributed by atoms with Crippen LogP contribution < -0.4 is 0 Å². The van der Waals surface area contributed by atoms with Gasteiger partial charge in [-0.1, -0.05) is 20.8 Å². The van der Waals surface area contributed by atoms with Gasteiger partial charge in [0, 0.05) is 6.42 Å². The van der Waals surface area contributed by atoms with Crippen molar-refractivity contribution in [1.82, 2.24) is 0 Å². The molecule has 180 valence electrons. The molecule has 0 spiro atoms. The van der Waals surface area contributed by atoms with Gasteiger partial charge in [-0.2, -0.15) is 0 Å². The maximum atomic E-state index is 14.7. The lowest BCUT2D eigenvalue weighted by Crippen LogP contribution is -2.55. The van der Waals surface area contributed by atoms with Gasteiger partial charge in [-0.05, 0) is 125 Å². The fourth-order valence-corrected chi connectivity index (χ4v) is 9.20. The van der Waals surface area contributed by atoms with Crippen LogP contribution >= 0.6 is 0 Å². The van der Waals surface area contributed by atoms with E-state index in [9.17, 15) is 19.0 Å². The Hall–Kier alpha value is -0.220. The first-order valence-electron chi connectivity index (χ1n) is 12.9. The smallest absolute Gasteiger partial charge is 0.275 e. The van der Waals surface area contributed by atoms with Crippen molar-refractivity contribution in [2.75, 3.05) is 0 Å². The van der Waals surface area contributed by atoms with Crippen LogP contribution in [0.2, 0.25) is 0 Å². The van der Waals surface area contributed by atoms with Crippen molar-refractivity contribution in [1.29, 1.82) is 0 Å². The minimum atomic E-state index is -3.05. The monoisotopic (exact) mass is 440 g/mol. The zero-order valence-electron chi connectivity index (χ0n) is 20.7. The molecule has 9 atom stereocenters. The Morgan fingerprint density at radius 1 is 0.903 bits per heavy atom. The summed E-state index contributed by atoms with van der Waals surface area (Å²) in [4.78, 5) is 0. The Morgan fingerprint density at radius 2 is 1.55 bits per heavy atom. The summed E-state index contributed by atoms with van der Waals surface area (Å²) in [5.74, 6) is -0.0859. The van der Waals surface area contributed by atoms with Crippen LogP contribution in [0, 0.1) is 46.3 Å². The molecule has 1 unspecified atom stereocenters. The van der Waals surface area contributed by atoms with E-state index >= 15 is 0 Å². The van der Waals surface area contributed by atoms with Gasteiger partial charge < -0.3 is 10.2 Å². The Bertz CT molecular complexity index is 683. The molecule has 0 radical (unpaired) electrons. The topological polar surface area (TPSA) is 40.5 Å². The van der Waals surface area contributed by atoms with Crippen molar-refractivity contribution in [3.8, 4) is 0 Å². The Morgan fingerprint density at radius 3 is 2.19 bits per heavy atom. The second kappa shape index (κ2) is 7.39. The summed E-state index contributed by atoms with van der Waals surface area (Å²) in [6.07, 6.45) is 9.86. The lowest BCUT2D eigenvalue weighted by molar-refractivity contribution is -0.179. The van der Waals surface area contributed by atoms with Gasteiger partial charge in [0.1, 0.15) is 5.60 Å². The normalized spacial score (nSPS) is 49.2. The summed E-state index contributed by atoms with van der Waals surface area (Å²) >= 11 is 0. The highest BCUT2D eigenvalue weighted by atomic mass is 19.3. The highest BCUT2D eigenvalue weighted by molar-refractivity contribution is 5.11. The molecule has 4 rings (SSSR count). The minimum absolute atomic E-state index is 0.0790. The summed E-state index contributed by atoms with van der Waals surface area (Å²) < 4.78 is 29.4. The van der Waals surface area contributed by atoms with Crippen molar-refractivity contribution in [2.45, 2.75) is 123 Å². The number of alkyl halides is 2. The molecule has 2 N–H and O–H groups in total. The van der Waals surface area contributed by atoms with Gasteiger partial charge >= 0.3 is 0 Å². The SMILES string of the molecule is C[C@H](CC(F)(F)C(C)(C)O)C1CC[C@H]2[C@@H]3CC[C@H]4C[C@@](C)(O)CC[C@]4(C)[C@H]3CC[C@]12C.